The van der Waals surface area contributed by atoms with Crippen molar-refractivity contribution in [2.24, 2.45) is 5.73 Å². The van der Waals surface area contributed by atoms with Crippen molar-refractivity contribution in [2.75, 3.05) is 26.2 Å². The number of rotatable bonds is 4. The first-order chi connectivity index (χ1) is 8.27. The van der Waals surface area contributed by atoms with Crippen LogP contribution in [-0.2, 0) is 0 Å². The molecule has 0 aromatic carbocycles. The monoisotopic (exact) mass is 234 g/mol. The highest BCUT2D eigenvalue weighted by molar-refractivity contribution is 5.08. The van der Waals surface area contributed by atoms with E-state index in [4.69, 9.17) is 5.73 Å². The van der Waals surface area contributed by atoms with E-state index < -0.39 is 0 Å². The molecule has 0 bridgehead atoms. The van der Waals surface area contributed by atoms with Gasteiger partial charge in [-0.3, -0.25) is 9.88 Å². The normalized spacial score (nSPS) is 21.1. The second-order valence-corrected chi connectivity index (χ2v) is 4.73. The van der Waals surface area contributed by atoms with Crippen molar-refractivity contribution in [1.29, 1.82) is 0 Å². The number of hydrogen-bond acceptors (Lipinski definition) is 4. The summed E-state index contributed by atoms with van der Waals surface area (Å²) in [4.78, 5) is 6.82. The lowest BCUT2D eigenvalue weighted by molar-refractivity contribution is 0.170. The van der Waals surface area contributed by atoms with Crippen LogP contribution in [0.3, 0.4) is 0 Å². The van der Waals surface area contributed by atoms with Gasteiger partial charge in [0.1, 0.15) is 0 Å². The Labute approximate surface area is 103 Å². The fraction of sp³-hybridized carbons (Fsp3) is 0.615. The predicted molar refractivity (Wildman–Crippen MR) is 69.7 cm³/mol. The maximum Gasteiger partial charge on any atom is 0.0571 e. The first-order valence-corrected chi connectivity index (χ1v) is 6.38. The van der Waals surface area contributed by atoms with E-state index in [1.165, 1.54) is 0 Å². The highest BCUT2D eigenvalue weighted by Crippen LogP contribution is 2.16. The number of nitrogens with two attached hydrogens (primary N) is 1. The molecular weight excluding hydrogens is 212 g/mol. The molecule has 0 spiro atoms. The molecule has 0 radical (unpaired) electrons. The lowest BCUT2D eigenvalue weighted by Gasteiger charge is -2.33. The molecule has 2 atom stereocenters. The van der Waals surface area contributed by atoms with Crippen molar-refractivity contribution in [3.63, 3.8) is 0 Å². The number of aromatic nitrogens is 1. The summed E-state index contributed by atoms with van der Waals surface area (Å²) in [7, 11) is 0. The molecule has 0 amide bonds. The smallest absolute Gasteiger partial charge is 0.0571 e. The largest absolute Gasteiger partial charge is 0.323 e. The predicted octanol–water partition coefficient (Wildman–Crippen LogP) is 0.765. The van der Waals surface area contributed by atoms with Crippen LogP contribution in [0.25, 0.3) is 0 Å². The lowest BCUT2D eigenvalue weighted by atomic mass is 10.0. The van der Waals surface area contributed by atoms with E-state index in [1.54, 1.807) is 0 Å². The Morgan fingerprint density at radius 2 is 2.18 bits per heavy atom. The van der Waals surface area contributed by atoms with Crippen LogP contribution in [0, 0.1) is 0 Å². The summed E-state index contributed by atoms with van der Waals surface area (Å²) in [5.41, 5.74) is 7.19. The third-order valence-electron chi connectivity index (χ3n) is 3.44. The Bertz CT molecular complexity index is 321. The van der Waals surface area contributed by atoms with Gasteiger partial charge in [0.15, 0.2) is 0 Å². The average molecular weight is 234 g/mol. The molecule has 2 heterocycles. The fourth-order valence-electron chi connectivity index (χ4n) is 2.36. The molecular formula is C13H22N4. The molecule has 2 unspecified atom stereocenters. The van der Waals surface area contributed by atoms with Crippen LogP contribution in [0.4, 0.5) is 0 Å². The summed E-state index contributed by atoms with van der Waals surface area (Å²) in [6.45, 7) is 6.67. The first kappa shape index (κ1) is 12.5. The molecule has 17 heavy (non-hydrogen) atoms. The Morgan fingerprint density at radius 1 is 1.41 bits per heavy atom. The third kappa shape index (κ3) is 3.49. The molecule has 1 aromatic heterocycles. The molecule has 4 nitrogen and oxygen atoms in total. The van der Waals surface area contributed by atoms with Gasteiger partial charge in [-0.15, -0.1) is 0 Å². The molecule has 3 N–H and O–H groups in total. The summed E-state index contributed by atoms with van der Waals surface area (Å²) < 4.78 is 0. The van der Waals surface area contributed by atoms with Crippen LogP contribution in [-0.4, -0.2) is 42.1 Å². The summed E-state index contributed by atoms with van der Waals surface area (Å²) >= 11 is 0. The Kier molecular flexibility index (Phi) is 4.48. The number of pyridine rings is 1. The van der Waals surface area contributed by atoms with Gasteiger partial charge in [0, 0.05) is 44.5 Å². The van der Waals surface area contributed by atoms with Crippen LogP contribution in [0.5, 0.6) is 0 Å². The standard InChI is InChI=1S/C13H22N4/c1-11(17-8-6-15-7-9-17)10-12(14)13-4-2-3-5-16-13/h2-5,11-12,15H,6-10,14H2,1H3. The molecule has 1 aromatic rings. The van der Waals surface area contributed by atoms with Crippen LogP contribution in [0.1, 0.15) is 25.1 Å². The van der Waals surface area contributed by atoms with Crippen LogP contribution in [0.15, 0.2) is 24.4 Å². The zero-order chi connectivity index (χ0) is 12.1. The second-order valence-electron chi connectivity index (χ2n) is 4.73. The zero-order valence-corrected chi connectivity index (χ0v) is 10.5. The van der Waals surface area contributed by atoms with E-state index in [-0.39, 0.29) is 6.04 Å². The Morgan fingerprint density at radius 3 is 2.82 bits per heavy atom. The summed E-state index contributed by atoms with van der Waals surface area (Å²) in [6, 6.07) is 6.50. The van der Waals surface area contributed by atoms with Gasteiger partial charge in [-0.2, -0.15) is 0 Å². The minimum Gasteiger partial charge on any atom is -0.323 e. The van der Waals surface area contributed by atoms with Crippen LogP contribution >= 0.6 is 0 Å². The molecule has 1 aliphatic rings. The van der Waals surface area contributed by atoms with Gasteiger partial charge in [0.25, 0.3) is 0 Å². The van der Waals surface area contributed by atoms with E-state index in [0.29, 0.717) is 6.04 Å². The lowest BCUT2D eigenvalue weighted by Crippen LogP contribution is -2.48. The molecule has 1 fully saturated rings. The van der Waals surface area contributed by atoms with E-state index in [9.17, 15) is 0 Å². The molecule has 1 aliphatic heterocycles. The highest BCUT2D eigenvalue weighted by Gasteiger charge is 2.19. The van der Waals surface area contributed by atoms with Gasteiger partial charge >= 0.3 is 0 Å². The quantitative estimate of drug-likeness (QED) is 0.808. The topological polar surface area (TPSA) is 54.2 Å². The van der Waals surface area contributed by atoms with Crippen molar-refractivity contribution in [3.8, 4) is 0 Å². The molecule has 0 aliphatic carbocycles. The maximum atomic E-state index is 6.20. The van der Waals surface area contributed by atoms with Gasteiger partial charge in [-0.05, 0) is 25.5 Å². The molecule has 4 heteroatoms. The van der Waals surface area contributed by atoms with E-state index >= 15 is 0 Å². The van der Waals surface area contributed by atoms with Gasteiger partial charge in [0.05, 0.1) is 5.69 Å². The van der Waals surface area contributed by atoms with E-state index in [2.05, 4.69) is 22.1 Å². The van der Waals surface area contributed by atoms with Gasteiger partial charge in [0.2, 0.25) is 0 Å². The molecule has 1 saturated heterocycles. The first-order valence-electron chi connectivity index (χ1n) is 6.38. The van der Waals surface area contributed by atoms with E-state index in [1.807, 2.05) is 24.4 Å². The molecule has 94 valence electrons. The number of nitrogens with zero attached hydrogens (tertiary/aromatic N) is 2. The van der Waals surface area contributed by atoms with Crippen LogP contribution < -0.4 is 11.1 Å². The average Bonchev–Trinajstić information content (AvgIpc) is 2.40. The van der Waals surface area contributed by atoms with Crippen LogP contribution in [0.2, 0.25) is 0 Å². The SMILES string of the molecule is CC(CC(N)c1ccccn1)N1CCNCC1. The van der Waals surface area contributed by atoms with Crippen molar-refractivity contribution >= 4 is 0 Å². The molecule has 0 saturated carbocycles. The fourth-order valence-corrected chi connectivity index (χ4v) is 2.36. The third-order valence-corrected chi connectivity index (χ3v) is 3.44. The minimum atomic E-state index is 0.0427. The zero-order valence-electron chi connectivity index (χ0n) is 10.5. The van der Waals surface area contributed by atoms with Crippen molar-refractivity contribution < 1.29 is 0 Å². The summed E-state index contributed by atoms with van der Waals surface area (Å²) in [6.07, 6.45) is 2.78. The van der Waals surface area contributed by atoms with E-state index in [0.717, 1.165) is 38.3 Å². The van der Waals surface area contributed by atoms with Crippen molar-refractivity contribution in [2.45, 2.75) is 25.4 Å². The number of piperazine rings is 1. The van der Waals surface area contributed by atoms with Gasteiger partial charge in [-0.1, -0.05) is 6.07 Å². The summed E-state index contributed by atoms with van der Waals surface area (Å²) in [5.74, 6) is 0. The number of nitrogens with one attached hydrogen (secondary N) is 1. The highest BCUT2D eigenvalue weighted by atomic mass is 15.2. The maximum absolute atomic E-state index is 6.20. The van der Waals surface area contributed by atoms with Gasteiger partial charge in [-0.25, -0.2) is 0 Å². The second kappa shape index (κ2) is 6.10. The molecule has 2 rings (SSSR count). The Balaban J connectivity index is 1.87. The van der Waals surface area contributed by atoms with Crippen molar-refractivity contribution in [3.05, 3.63) is 30.1 Å². The number of hydrogen-bond donors (Lipinski definition) is 2. The minimum absolute atomic E-state index is 0.0427. The van der Waals surface area contributed by atoms with Crippen molar-refractivity contribution in [1.82, 2.24) is 15.2 Å². The summed E-state index contributed by atoms with van der Waals surface area (Å²) in [5, 5.41) is 3.37. The van der Waals surface area contributed by atoms with Gasteiger partial charge < -0.3 is 11.1 Å². The Hall–Kier alpha value is -0.970.